The molecule has 1 saturated heterocycles. The number of aromatic nitrogens is 2. The van der Waals surface area contributed by atoms with Crippen LogP contribution in [0.3, 0.4) is 0 Å². The van der Waals surface area contributed by atoms with Gasteiger partial charge < -0.3 is 9.80 Å². The maximum atomic E-state index is 14.3. The van der Waals surface area contributed by atoms with E-state index in [0.717, 1.165) is 37.9 Å². The van der Waals surface area contributed by atoms with Crippen molar-refractivity contribution >= 4 is 24.0 Å². The summed E-state index contributed by atoms with van der Waals surface area (Å²) in [7, 11) is 0. The van der Waals surface area contributed by atoms with Gasteiger partial charge in [-0.1, -0.05) is 12.8 Å². The summed E-state index contributed by atoms with van der Waals surface area (Å²) in [4.78, 5) is 37.6. The smallest absolute Gasteiger partial charge is 0.337 e. The molecule has 36 heavy (non-hydrogen) atoms. The van der Waals surface area contributed by atoms with E-state index >= 15 is 0 Å². The first-order valence-corrected chi connectivity index (χ1v) is 12.2. The van der Waals surface area contributed by atoms with E-state index in [1.807, 2.05) is 4.90 Å². The van der Waals surface area contributed by atoms with Crippen LogP contribution in [0.25, 0.3) is 0 Å². The molecule has 2 amide bonds. The Labute approximate surface area is 206 Å². The van der Waals surface area contributed by atoms with E-state index in [2.05, 4.69) is 15.1 Å². The fourth-order valence-electron chi connectivity index (χ4n) is 5.11. The number of benzene rings is 1. The van der Waals surface area contributed by atoms with Crippen molar-refractivity contribution < 1.29 is 22.8 Å². The van der Waals surface area contributed by atoms with Gasteiger partial charge in [-0.15, -0.1) is 0 Å². The second-order valence-electron chi connectivity index (χ2n) is 9.44. The second-order valence-corrected chi connectivity index (χ2v) is 9.44. The number of hydrogen-bond acceptors (Lipinski definition) is 6. The van der Waals surface area contributed by atoms with E-state index in [-0.39, 0.29) is 29.8 Å². The quantitative estimate of drug-likeness (QED) is 0.623. The highest BCUT2D eigenvalue weighted by Gasteiger charge is 2.34. The zero-order valence-corrected chi connectivity index (χ0v) is 19.7. The molecule has 1 atom stereocenters. The van der Waals surface area contributed by atoms with Crippen molar-refractivity contribution in [3.8, 4) is 0 Å². The molecule has 0 spiro atoms. The molecule has 2 fully saturated rings. The Morgan fingerprint density at radius 3 is 2.36 bits per heavy atom. The van der Waals surface area contributed by atoms with Crippen LogP contribution >= 0.6 is 0 Å². The van der Waals surface area contributed by atoms with Crippen LogP contribution in [-0.4, -0.2) is 64.1 Å². The number of hydrogen-bond donors (Lipinski definition) is 0. The molecule has 3 heterocycles. The average molecular weight is 501 g/mol. The molecule has 0 N–H and O–H groups in total. The van der Waals surface area contributed by atoms with Gasteiger partial charge in [-0.05, 0) is 30.5 Å². The molecule has 5 rings (SSSR count). The molecule has 0 radical (unpaired) electrons. The Morgan fingerprint density at radius 1 is 0.972 bits per heavy atom. The van der Waals surface area contributed by atoms with Crippen molar-refractivity contribution in [3.63, 3.8) is 0 Å². The number of anilines is 1. The lowest BCUT2D eigenvalue weighted by molar-refractivity contribution is -0.122. The number of nitrogens with zero attached hydrogens (tertiary/aromatic N) is 6. The highest BCUT2D eigenvalue weighted by molar-refractivity contribution is 5.83. The normalized spacial score (nSPS) is 20.4. The van der Waals surface area contributed by atoms with E-state index in [9.17, 15) is 22.8 Å². The number of piperazine rings is 1. The van der Waals surface area contributed by atoms with Gasteiger partial charge in [-0.3, -0.25) is 4.79 Å². The number of carbonyl (C=O) groups is 2. The predicted octanol–water partition coefficient (Wildman–Crippen LogP) is 3.87. The maximum absolute atomic E-state index is 14.3. The van der Waals surface area contributed by atoms with Crippen molar-refractivity contribution in [1.29, 1.82) is 0 Å². The summed E-state index contributed by atoms with van der Waals surface area (Å²) in [5.41, 5.74) is 0.448. The number of rotatable bonds is 5. The first-order valence-electron chi connectivity index (χ1n) is 12.2. The van der Waals surface area contributed by atoms with Gasteiger partial charge in [-0.2, -0.15) is 5.10 Å². The Kier molecular flexibility index (Phi) is 6.88. The van der Waals surface area contributed by atoms with Crippen molar-refractivity contribution in [2.24, 2.45) is 11.0 Å². The number of hydrazone groups is 1. The molecule has 11 heteroatoms. The third kappa shape index (κ3) is 5.05. The van der Waals surface area contributed by atoms with E-state index in [0.29, 0.717) is 44.1 Å². The molecule has 0 bridgehead atoms. The molecule has 8 nitrogen and oxygen atoms in total. The van der Waals surface area contributed by atoms with E-state index in [1.54, 1.807) is 11.1 Å². The largest absolute Gasteiger partial charge is 0.341 e. The lowest BCUT2D eigenvalue weighted by Gasteiger charge is -2.37. The zero-order valence-electron chi connectivity index (χ0n) is 19.7. The number of carbonyl (C=O) groups excluding carboxylic acids is 2. The van der Waals surface area contributed by atoms with Crippen LogP contribution in [0.4, 0.5) is 23.9 Å². The maximum Gasteiger partial charge on any atom is 0.341 e. The van der Waals surface area contributed by atoms with E-state index in [4.69, 9.17) is 0 Å². The molecule has 190 valence electrons. The number of urea groups is 1. The number of ketones is 1. The summed E-state index contributed by atoms with van der Waals surface area (Å²) >= 11 is 0. The summed E-state index contributed by atoms with van der Waals surface area (Å²) in [5, 5.41) is 5.40. The van der Waals surface area contributed by atoms with Crippen LogP contribution < -0.4 is 4.90 Å². The number of halogens is 3. The fourth-order valence-corrected chi connectivity index (χ4v) is 5.11. The summed E-state index contributed by atoms with van der Waals surface area (Å²) in [6, 6.07) is 2.27. The molecule has 1 aromatic heterocycles. The average Bonchev–Trinajstić information content (AvgIpc) is 3.57. The highest BCUT2D eigenvalue weighted by atomic mass is 19.1. The van der Waals surface area contributed by atoms with Crippen molar-refractivity contribution in [2.45, 2.75) is 44.6 Å². The molecule has 3 aliphatic rings. The lowest BCUT2D eigenvalue weighted by Crippen LogP contribution is -2.52. The predicted molar refractivity (Wildman–Crippen MR) is 126 cm³/mol. The van der Waals surface area contributed by atoms with Crippen molar-refractivity contribution in [1.82, 2.24) is 19.9 Å². The van der Waals surface area contributed by atoms with Crippen LogP contribution in [0.5, 0.6) is 0 Å². The third-order valence-corrected chi connectivity index (χ3v) is 7.08. The SMILES string of the molecule is O=C(Cc1nc(N2CCN(C(=O)N3N=CC[C@H]3c3cc(F)cc(F)c3)CC2)ncc1F)C1CCCC1. The standard InChI is InChI=1S/C25H27F3N6O2/c26-18-11-17(12-19(27)13-18)22-5-6-30-34(22)25(36)33-9-7-32(8-10-33)24-29-15-20(28)21(31-24)14-23(35)16-3-1-2-4-16/h6,11-13,15-16,22H,1-5,7-10,14H2/t22-/m0/s1. The van der Waals surface area contributed by atoms with Crippen molar-refractivity contribution in [2.75, 3.05) is 31.1 Å². The Hall–Kier alpha value is -3.50. The second kappa shape index (κ2) is 10.2. The van der Waals surface area contributed by atoms with Gasteiger partial charge in [0.05, 0.1) is 24.4 Å². The van der Waals surface area contributed by atoms with Crippen LogP contribution in [-0.2, 0) is 11.2 Å². The number of Topliss-reactive ketones (excluding diaryl/α,β-unsaturated/α-hetero) is 1. The molecule has 2 aliphatic heterocycles. The zero-order chi connectivity index (χ0) is 25.2. The summed E-state index contributed by atoms with van der Waals surface area (Å²) in [6.07, 6.45) is 6.73. The van der Waals surface area contributed by atoms with Gasteiger partial charge in [0.1, 0.15) is 17.4 Å². The van der Waals surface area contributed by atoms with Gasteiger partial charge in [0, 0.05) is 50.8 Å². The molecule has 1 saturated carbocycles. The minimum Gasteiger partial charge on any atom is -0.337 e. The van der Waals surface area contributed by atoms with Crippen LogP contribution in [0.15, 0.2) is 29.5 Å². The van der Waals surface area contributed by atoms with Crippen LogP contribution in [0.2, 0.25) is 0 Å². The summed E-state index contributed by atoms with van der Waals surface area (Å²) in [6.45, 7) is 1.49. The van der Waals surface area contributed by atoms with Gasteiger partial charge >= 0.3 is 6.03 Å². The minimum absolute atomic E-state index is 0.0154. The van der Waals surface area contributed by atoms with Crippen LogP contribution in [0, 0.1) is 23.4 Å². The highest BCUT2D eigenvalue weighted by Crippen LogP contribution is 2.31. The monoisotopic (exact) mass is 500 g/mol. The first-order chi connectivity index (χ1) is 17.4. The number of amides is 2. The minimum atomic E-state index is -0.707. The lowest BCUT2D eigenvalue weighted by atomic mass is 9.99. The Morgan fingerprint density at radius 2 is 1.67 bits per heavy atom. The Bertz CT molecular complexity index is 1160. The van der Waals surface area contributed by atoms with Gasteiger partial charge in [0.2, 0.25) is 5.95 Å². The summed E-state index contributed by atoms with van der Waals surface area (Å²) in [5.74, 6) is -1.68. The topological polar surface area (TPSA) is 82.0 Å². The molecule has 1 aliphatic carbocycles. The third-order valence-electron chi connectivity index (χ3n) is 7.08. The van der Waals surface area contributed by atoms with Crippen molar-refractivity contribution in [3.05, 3.63) is 53.1 Å². The summed E-state index contributed by atoms with van der Waals surface area (Å²) < 4.78 is 41.8. The van der Waals surface area contributed by atoms with Gasteiger partial charge in [0.25, 0.3) is 0 Å². The molecule has 0 unspecified atom stereocenters. The van der Waals surface area contributed by atoms with E-state index in [1.165, 1.54) is 17.1 Å². The van der Waals surface area contributed by atoms with Gasteiger partial charge in [0.15, 0.2) is 5.82 Å². The van der Waals surface area contributed by atoms with Gasteiger partial charge in [-0.25, -0.2) is 32.9 Å². The fraction of sp³-hybridized carbons (Fsp3) is 0.480. The molecular weight excluding hydrogens is 473 g/mol. The Balaban J connectivity index is 1.22. The molecular formula is C25H27F3N6O2. The first kappa shape index (κ1) is 24.2. The van der Waals surface area contributed by atoms with E-state index < -0.39 is 23.5 Å². The van der Waals surface area contributed by atoms with Crippen LogP contribution in [0.1, 0.15) is 49.4 Å². The molecule has 1 aromatic carbocycles. The molecule has 2 aromatic rings.